The predicted octanol–water partition coefficient (Wildman–Crippen LogP) is 1.79. The molecular weight excluding hydrogens is 269 g/mol. The predicted molar refractivity (Wildman–Crippen MR) is 65.7 cm³/mol. The molecule has 0 saturated heterocycles. The molecule has 0 saturated carbocycles. The van der Waals surface area contributed by atoms with Crippen molar-refractivity contribution in [1.82, 2.24) is 5.32 Å². The Kier molecular flexibility index (Phi) is 6.16. The minimum atomic E-state index is -0.750. The van der Waals surface area contributed by atoms with Gasteiger partial charge in [-0.3, -0.25) is 0 Å². The van der Waals surface area contributed by atoms with E-state index in [9.17, 15) is 4.79 Å². The molecule has 1 aromatic rings. The number of benzene rings is 1. The summed E-state index contributed by atoms with van der Waals surface area (Å²) in [4.78, 5) is 11.0. The van der Waals surface area contributed by atoms with Gasteiger partial charge in [-0.25, -0.2) is 0 Å². The molecule has 4 heteroatoms. The molecule has 1 rings (SSSR count). The maximum atomic E-state index is 11.0. The molecule has 3 nitrogen and oxygen atoms in total. The van der Waals surface area contributed by atoms with Crippen LogP contribution in [0.4, 0.5) is 0 Å². The maximum absolute atomic E-state index is 11.0. The van der Waals surface area contributed by atoms with Crippen LogP contribution in [0.3, 0.4) is 0 Å². The van der Waals surface area contributed by atoms with Gasteiger partial charge < -0.3 is 0 Å². The van der Waals surface area contributed by atoms with Gasteiger partial charge in [0, 0.05) is 0 Å². The van der Waals surface area contributed by atoms with Crippen molar-refractivity contribution in [2.45, 2.75) is 30.1 Å². The first-order valence-corrected chi connectivity index (χ1v) is 8.15. The van der Waals surface area contributed by atoms with Crippen LogP contribution in [0.2, 0.25) is 11.1 Å². The minimum absolute atomic E-state index is 0.415. The van der Waals surface area contributed by atoms with Crippen molar-refractivity contribution in [1.29, 1.82) is 0 Å². The average Bonchev–Trinajstić information content (AvgIpc) is 2.30. The fourth-order valence-corrected chi connectivity index (χ4v) is 2.37. The molecule has 88 valence electrons. The SMILES string of the molecule is C[Se]CC[C@H](NCc1ccccc1)C(=O)O. The van der Waals surface area contributed by atoms with Gasteiger partial charge in [0.05, 0.1) is 0 Å². The first-order chi connectivity index (χ1) is 7.74. The quantitative estimate of drug-likeness (QED) is 0.751. The van der Waals surface area contributed by atoms with Crippen LogP contribution in [0, 0.1) is 0 Å². The second-order valence-electron chi connectivity index (χ2n) is 3.54. The van der Waals surface area contributed by atoms with Crippen molar-refractivity contribution < 1.29 is 9.90 Å². The summed E-state index contributed by atoms with van der Waals surface area (Å²) in [5.41, 5.74) is 1.12. The Hall–Kier alpha value is -0.831. The Bertz CT molecular complexity index is 316. The molecule has 0 heterocycles. The summed E-state index contributed by atoms with van der Waals surface area (Å²) in [6.45, 7) is 0.620. The number of hydrogen-bond acceptors (Lipinski definition) is 2. The molecule has 2 N–H and O–H groups in total. The fraction of sp³-hybridized carbons (Fsp3) is 0.417. The summed E-state index contributed by atoms with van der Waals surface area (Å²) in [7, 11) is 0. The Morgan fingerprint density at radius 1 is 1.44 bits per heavy atom. The van der Waals surface area contributed by atoms with Crippen LogP contribution in [-0.2, 0) is 11.3 Å². The van der Waals surface area contributed by atoms with Crippen molar-refractivity contribution in [3.63, 3.8) is 0 Å². The van der Waals surface area contributed by atoms with E-state index >= 15 is 0 Å². The standard InChI is InChI=1S/C12H17NO2Se/c1-16-8-7-11(12(14)15)13-9-10-5-3-2-4-6-10/h2-6,11,13H,7-9H2,1H3,(H,14,15)/t11-/m0/s1. The number of carbonyl (C=O) groups is 1. The van der Waals surface area contributed by atoms with Crippen LogP contribution in [-0.4, -0.2) is 32.1 Å². The number of nitrogens with one attached hydrogen (secondary N) is 1. The molecule has 0 spiro atoms. The van der Waals surface area contributed by atoms with Gasteiger partial charge in [-0.2, -0.15) is 0 Å². The first kappa shape index (κ1) is 13.2. The number of carboxylic acids is 1. The van der Waals surface area contributed by atoms with Gasteiger partial charge in [-0.15, -0.1) is 0 Å². The number of carboxylic acid groups (broad SMARTS) is 1. The van der Waals surface area contributed by atoms with E-state index in [1.165, 1.54) is 0 Å². The third-order valence-electron chi connectivity index (χ3n) is 2.30. The van der Waals surface area contributed by atoms with E-state index in [-0.39, 0.29) is 0 Å². The zero-order chi connectivity index (χ0) is 11.8. The zero-order valence-electron chi connectivity index (χ0n) is 9.35. The van der Waals surface area contributed by atoms with E-state index in [1.54, 1.807) is 0 Å². The zero-order valence-corrected chi connectivity index (χ0v) is 11.1. The molecule has 0 aromatic heterocycles. The fourth-order valence-electron chi connectivity index (χ4n) is 1.39. The van der Waals surface area contributed by atoms with Crippen molar-refractivity contribution in [2.75, 3.05) is 0 Å². The van der Waals surface area contributed by atoms with E-state index in [4.69, 9.17) is 5.11 Å². The Labute approximate surface area is 102 Å². The van der Waals surface area contributed by atoms with E-state index in [1.807, 2.05) is 30.3 Å². The monoisotopic (exact) mass is 287 g/mol. The molecule has 1 aromatic carbocycles. The third kappa shape index (κ3) is 4.79. The van der Waals surface area contributed by atoms with Gasteiger partial charge >= 0.3 is 102 Å². The van der Waals surface area contributed by atoms with E-state index < -0.39 is 12.0 Å². The van der Waals surface area contributed by atoms with Gasteiger partial charge in [0.1, 0.15) is 0 Å². The summed E-state index contributed by atoms with van der Waals surface area (Å²) in [6, 6.07) is 9.45. The van der Waals surface area contributed by atoms with Gasteiger partial charge in [-0.1, -0.05) is 0 Å². The molecular formula is C12H17NO2Se. The molecule has 0 fully saturated rings. The van der Waals surface area contributed by atoms with Gasteiger partial charge in [0.15, 0.2) is 0 Å². The second kappa shape index (κ2) is 7.44. The molecule has 0 aliphatic rings. The van der Waals surface area contributed by atoms with Crippen molar-refractivity contribution in [3.05, 3.63) is 35.9 Å². The molecule has 1 atom stereocenters. The van der Waals surface area contributed by atoms with Crippen LogP contribution in [0.1, 0.15) is 12.0 Å². The topological polar surface area (TPSA) is 49.3 Å². The third-order valence-corrected chi connectivity index (χ3v) is 3.66. The molecule has 0 radical (unpaired) electrons. The van der Waals surface area contributed by atoms with Gasteiger partial charge in [0.25, 0.3) is 0 Å². The van der Waals surface area contributed by atoms with Crippen molar-refractivity contribution in [3.8, 4) is 0 Å². The molecule has 0 bridgehead atoms. The molecule has 0 amide bonds. The molecule has 0 unspecified atom stereocenters. The van der Waals surface area contributed by atoms with Gasteiger partial charge in [0.2, 0.25) is 0 Å². The van der Waals surface area contributed by atoms with Gasteiger partial charge in [-0.05, 0) is 0 Å². The van der Waals surface area contributed by atoms with Crippen molar-refractivity contribution in [2.24, 2.45) is 0 Å². The number of aliphatic carboxylic acids is 1. The van der Waals surface area contributed by atoms with Crippen LogP contribution in [0.25, 0.3) is 0 Å². The summed E-state index contributed by atoms with van der Waals surface area (Å²) < 4.78 is 0. The van der Waals surface area contributed by atoms with Crippen molar-refractivity contribution >= 4 is 20.9 Å². The first-order valence-electron chi connectivity index (χ1n) is 5.23. The van der Waals surface area contributed by atoms with E-state index in [0.717, 1.165) is 17.3 Å². The number of hydrogen-bond donors (Lipinski definition) is 2. The van der Waals surface area contributed by atoms with Crippen LogP contribution >= 0.6 is 0 Å². The summed E-state index contributed by atoms with van der Waals surface area (Å²) in [5.74, 6) is 1.38. The van der Waals surface area contributed by atoms with Crippen LogP contribution < -0.4 is 5.32 Å². The Morgan fingerprint density at radius 2 is 2.12 bits per heavy atom. The Morgan fingerprint density at radius 3 is 2.69 bits per heavy atom. The summed E-state index contributed by atoms with van der Waals surface area (Å²) >= 11 is 0.544. The summed E-state index contributed by atoms with van der Waals surface area (Å²) in [6.07, 6.45) is 0.721. The molecule has 0 aliphatic heterocycles. The van der Waals surface area contributed by atoms with Crippen LogP contribution in [0.5, 0.6) is 0 Å². The van der Waals surface area contributed by atoms with E-state index in [0.29, 0.717) is 21.5 Å². The molecule has 0 aliphatic carbocycles. The normalized spacial score (nSPS) is 12.3. The molecule has 16 heavy (non-hydrogen) atoms. The van der Waals surface area contributed by atoms with E-state index in [2.05, 4.69) is 11.1 Å². The summed E-state index contributed by atoms with van der Waals surface area (Å²) in [5, 5.41) is 13.1. The van der Waals surface area contributed by atoms with Crippen LogP contribution in [0.15, 0.2) is 30.3 Å². The second-order valence-corrected chi connectivity index (χ2v) is 5.61. The average molecular weight is 286 g/mol. The number of rotatable bonds is 7. The Balaban J connectivity index is 2.41.